The summed E-state index contributed by atoms with van der Waals surface area (Å²) in [6, 6.07) is 22.0. The van der Waals surface area contributed by atoms with E-state index in [0.29, 0.717) is 22.0 Å². The van der Waals surface area contributed by atoms with E-state index in [9.17, 15) is 9.59 Å². The molecule has 0 bridgehead atoms. The Morgan fingerprint density at radius 2 is 1.75 bits per heavy atom. The Balaban J connectivity index is 1.38. The highest BCUT2D eigenvalue weighted by atomic mass is 35.5. The maximum absolute atomic E-state index is 12.5. The number of hydrogen-bond acceptors (Lipinski definition) is 3. The third-order valence-electron chi connectivity index (χ3n) is 5.40. The lowest BCUT2D eigenvalue weighted by Gasteiger charge is -2.09. The van der Waals surface area contributed by atoms with E-state index in [1.54, 1.807) is 31.2 Å². The summed E-state index contributed by atoms with van der Waals surface area (Å²) in [5.41, 5.74) is 6.18. The van der Waals surface area contributed by atoms with Crippen LogP contribution in [0.3, 0.4) is 0 Å². The fraction of sp³-hybridized carbons (Fsp3) is 0.160. The second kappa shape index (κ2) is 9.55. The number of carbonyl (C=O) groups excluding carboxylic acids is 2. The zero-order valence-corrected chi connectivity index (χ0v) is 18.8. The highest BCUT2D eigenvalue weighted by molar-refractivity contribution is 6.37. The van der Waals surface area contributed by atoms with Crippen LogP contribution in [0.2, 0.25) is 10.0 Å². The lowest BCUT2D eigenvalue weighted by molar-refractivity contribution is -0.122. The fourth-order valence-electron chi connectivity index (χ4n) is 3.53. The van der Waals surface area contributed by atoms with Gasteiger partial charge in [-0.3, -0.25) is 9.59 Å². The van der Waals surface area contributed by atoms with Gasteiger partial charge in [0.15, 0.2) is 0 Å². The number of hydrazone groups is 1. The Labute approximate surface area is 196 Å². The molecule has 3 aromatic rings. The van der Waals surface area contributed by atoms with Crippen molar-refractivity contribution in [2.24, 2.45) is 11.0 Å². The SMILES string of the molecule is C/C(=N\NC(=O)C1CC1c1ccccc1)c1cccc(NC(=O)c2ccc(Cl)cc2Cl)c1. The van der Waals surface area contributed by atoms with E-state index in [2.05, 4.69) is 15.8 Å². The molecule has 2 N–H and O–H groups in total. The van der Waals surface area contributed by atoms with Crippen LogP contribution in [0.15, 0.2) is 77.9 Å². The van der Waals surface area contributed by atoms with Crippen LogP contribution in [0.1, 0.15) is 40.7 Å². The predicted molar refractivity (Wildman–Crippen MR) is 129 cm³/mol. The van der Waals surface area contributed by atoms with Crippen LogP contribution in [-0.2, 0) is 4.79 Å². The summed E-state index contributed by atoms with van der Waals surface area (Å²) in [5, 5.41) is 7.82. The molecule has 2 unspecified atom stereocenters. The minimum atomic E-state index is -0.340. The van der Waals surface area contributed by atoms with Gasteiger partial charge in [-0.05, 0) is 60.7 Å². The Morgan fingerprint density at radius 3 is 2.50 bits per heavy atom. The number of nitrogens with one attached hydrogen (secondary N) is 2. The van der Waals surface area contributed by atoms with Gasteiger partial charge in [-0.15, -0.1) is 0 Å². The van der Waals surface area contributed by atoms with Gasteiger partial charge < -0.3 is 5.32 Å². The van der Waals surface area contributed by atoms with E-state index in [0.717, 1.165) is 12.0 Å². The van der Waals surface area contributed by atoms with Crippen LogP contribution >= 0.6 is 23.2 Å². The fourth-order valence-corrected chi connectivity index (χ4v) is 4.03. The normalized spacial score (nSPS) is 17.5. The molecule has 0 aliphatic heterocycles. The molecule has 0 spiro atoms. The number of nitrogens with zero attached hydrogens (tertiary/aromatic N) is 1. The standard InChI is InChI=1S/C25H21Cl2N3O2/c1-15(29-30-25(32)22-14-21(22)16-6-3-2-4-7-16)17-8-5-9-19(12-17)28-24(31)20-11-10-18(26)13-23(20)27/h2-13,21-22H,14H2,1H3,(H,28,31)(H,30,32)/b29-15+. The number of amides is 2. The van der Waals surface area contributed by atoms with Crippen molar-refractivity contribution in [2.45, 2.75) is 19.3 Å². The Hall–Kier alpha value is -3.15. The largest absolute Gasteiger partial charge is 0.322 e. The Bertz CT molecular complexity index is 1190. The quantitative estimate of drug-likeness (QED) is 0.351. The molecule has 0 radical (unpaired) electrons. The van der Waals surface area contributed by atoms with E-state index in [4.69, 9.17) is 23.2 Å². The molecule has 32 heavy (non-hydrogen) atoms. The summed E-state index contributed by atoms with van der Waals surface area (Å²) in [6.45, 7) is 1.80. The molecule has 2 atom stereocenters. The number of benzene rings is 3. The summed E-state index contributed by atoms with van der Waals surface area (Å²) in [7, 11) is 0. The van der Waals surface area contributed by atoms with Gasteiger partial charge in [-0.2, -0.15) is 5.10 Å². The summed E-state index contributed by atoms with van der Waals surface area (Å²) in [5.74, 6) is -0.221. The van der Waals surface area contributed by atoms with Gasteiger partial charge in [0.2, 0.25) is 5.91 Å². The predicted octanol–water partition coefficient (Wildman–Crippen LogP) is 5.89. The van der Waals surface area contributed by atoms with Crippen LogP contribution in [0.25, 0.3) is 0 Å². The topological polar surface area (TPSA) is 70.6 Å². The molecule has 5 nitrogen and oxygen atoms in total. The molecule has 1 aliphatic carbocycles. The maximum Gasteiger partial charge on any atom is 0.257 e. The van der Waals surface area contributed by atoms with Crippen LogP contribution in [0.4, 0.5) is 5.69 Å². The first-order valence-electron chi connectivity index (χ1n) is 10.2. The third-order valence-corrected chi connectivity index (χ3v) is 5.95. The van der Waals surface area contributed by atoms with Crippen molar-refractivity contribution in [1.29, 1.82) is 0 Å². The molecule has 4 rings (SSSR count). The molecule has 3 aromatic carbocycles. The van der Waals surface area contributed by atoms with Gasteiger partial charge in [0, 0.05) is 16.6 Å². The smallest absolute Gasteiger partial charge is 0.257 e. The van der Waals surface area contributed by atoms with E-state index in [-0.39, 0.29) is 28.7 Å². The van der Waals surface area contributed by atoms with Crippen LogP contribution in [0.5, 0.6) is 0 Å². The van der Waals surface area contributed by atoms with Crippen molar-refractivity contribution in [3.63, 3.8) is 0 Å². The Kier molecular flexibility index (Phi) is 6.58. The minimum Gasteiger partial charge on any atom is -0.322 e. The van der Waals surface area contributed by atoms with E-state index in [1.807, 2.05) is 42.5 Å². The second-order valence-electron chi connectivity index (χ2n) is 7.69. The van der Waals surface area contributed by atoms with Crippen LogP contribution in [0, 0.1) is 5.92 Å². The molecule has 162 valence electrons. The number of halogens is 2. The molecule has 7 heteroatoms. The van der Waals surface area contributed by atoms with Crippen molar-refractivity contribution in [3.8, 4) is 0 Å². The van der Waals surface area contributed by atoms with Gasteiger partial charge >= 0.3 is 0 Å². The molecular formula is C25H21Cl2N3O2. The first-order valence-corrected chi connectivity index (χ1v) is 10.9. The van der Waals surface area contributed by atoms with Crippen molar-refractivity contribution in [1.82, 2.24) is 5.43 Å². The van der Waals surface area contributed by atoms with E-state index in [1.165, 1.54) is 11.6 Å². The number of rotatable bonds is 6. The first kappa shape index (κ1) is 22.1. The van der Waals surface area contributed by atoms with Crippen molar-refractivity contribution in [3.05, 3.63) is 99.5 Å². The highest BCUT2D eigenvalue weighted by Gasteiger charge is 2.43. The summed E-state index contributed by atoms with van der Waals surface area (Å²) in [6.07, 6.45) is 0.833. The van der Waals surface area contributed by atoms with Crippen molar-refractivity contribution >= 4 is 46.4 Å². The summed E-state index contributed by atoms with van der Waals surface area (Å²) < 4.78 is 0. The molecule has 1 aliphatic rings. The molecule has 1 fully saturated rings. The zero-order chi connectivity index (χ0) is 22.7. The summed E-state index contributed by atoms with van der Waals surface area (Å²) in [4.78, 5) is 25.0. The average molecular weight is 466 g/mol. The molecular weight excluding hydrogens is 445 g/mol. The van der Waals surface area contributed by atoms with Gasteiger partial charge in [0.05, 0.1) is 16.3 Å². The van der Waals surface area contributed by atoms with E-state index >= 15 is 0 Å². The van der Waals surface area contributed by atoms with Crippen molar-refractivity contribution in [2.75, 3.05) is 5.32 Å². The lowest BCUT2D eigenvalue weighted by atomic mass is 10.1. The first-order chi connectivity index (χ1) is 15.4. The number of carbonyl (C=O) groups is 2. The van der Waals surface area contributed by atoms with Gasteiger partial charge in [-0.25, -0.2) is 5.43 Å². The molecule has 0 saturated heterocycles. The van der Waals surface area contributed by atoms with Gasteiger partial charge in [0.25, 0.3) is 5.91 Å². The third kappa shape index (κ3) is 5.18. The van der Waals surface area contributed by atoms with Crippen LogP contribution in [-0.4, -0.2) is 17.5 Å². The Morgan fingerprint density at radius 1 is 0.969 bits per heavy atom. The molecule has 0 aromatic heterocycles. The monoisotopic (exact) mass is 465 g/mol. The van der Waals surface area contributed by atoms with Gasteiger partial charge in [0.1, 0.15) is 0 Å². The molecule has 0 heterocycles. The minimum absolute atomic E-state index is 0.0521. The molecule has 1 saturated carbocycles. The van der Waals surface area contributed by atoms with Crippen LogP contribution < -0.4 is 10.7 Å². The number of hydrogen-bond donors (Lipinski definition) is 2. The lowest BCUT2D eigenvalue weighted by Crippen LogP contribution is -2.21. The zero-order valence-electron chi connectivity index (χ0n) is 17.3. The molecule has 2 amide bonds. The number of anilines is 1. The maximum atomic E-state index is 12.5. The average Bonchev–Trinajstić information content (AvgIpc) is 3.59. The van der Waals surface area contributed by atoms with Gasteiger partial charge in [-0.1, -0.05) is 65.7 Å². The second-order valence-corrected chi connectivity index (χ2v) is 8.54. The van der Waals surface area contributed by atoms with E-state index < -0.39 is 0 Å². The summed E-state index contributed by atoms with van der Waals surface area (Å²) >= 11 is 12.0. The highest BCUT2D eigenvalue weighted by Crippen LogP contribution is 2.47. The van der Waals surface area contributed by atoms with Crippen molar-refractivity contribution < 1.29 is 9.59 Å².